The van der Waals surface area contributed by atoms with E-state index < -0.39 is 0 Å². The first-order chi connectivity index (χ1) is 7.56. The molecule has 16 heavy (non-hydrogen) atoms. The molecule has 0 aliphatic carbocycles. The van der Waals surface area contributed by atoms with Gasteiger partial charge in [-0.1, -0.05) is 29.4 Å². The maximum absolute atomic E-state index is 8.57. The fraction of sp³-hybridized carbons (Fsp3) is 0.417. The number of benzene rings is 1. The van der Waals surface area contributed by atoms with Crippen molar-refractivity contribution < 1.29 is 5.21 Å². The van der Waals surface area contributed by atoms with Crippen LogP contribution in [0.4, 0.5) is 0 Å². The fourth-order valence-corrected chi connectivity index (χ4v) is 1.71. The molecule has 0 spiro atoms. The Labute approximate surface area is 96.2 Å². The smallest absolute Gasteiger partial charge is 0.156 e. The zero-order chi connectivity index (χ0) is 12.1. The number of nitrogens with two attached hydrogens (primary N) is 1. The molecule has 2 atom stereocenters. The molecule has 1 aromatic carbocycles. The quantitative estimate of drug-likeness (QED) is 0.314. The van der Waals surface area contributed by atoms with Crippen molar-refractivity contribution in [3.8, 4) is 0 Å². The molecule has 0 radical (unpaired) electrons. The molecular formula is C12H19N3O. The van der Waals surface area contributed by atoms with Crippen molar-refractivity contribution in [3.05, 3.63) is 35.4 Å². The summed E-state index contributed by atoms with van der Waals surface area (Å²) in [6.45, 7) is 6.00. The number of oxime groups is 1. The van der Waals surface area contributed by atoms with E-state index >= 15 is 0 Å². The number of hydrogen-bond acceptors (Lipinski definition) is 3. The Hall–Kier alpha value is -1.55. The molecule has 1 aromatic rings. The maximum atomic E-state index is 8.57. The second-order valence-electron chi connectivity index (χ2n) is 3.99. The van der Waals surface area contributed by atoms with Gasteiger partial charge in [0.2, 0.25) is 0 Å². The average molecular weight is 221 g/mol. The van der Waals surface area contributed by atoms with Gasteiger partial charge in [0, 0.05) is 6.04 Å². The summed E-state index contributed by atoms with van der Waals surface area (Å²) >= 11 is 0. The zero-order valence-electron chi connectivity index (χ0n) is 9.94. The maximum Gasteiger partial charge on any atom is 0.156 e. The molecule has 0 aliphatic rings. The Balaban J connectivity index is 2.73. The number of rotatable bonds is 4. The Bertz CT molecular complexity index is 376. The largest absolute Gasteiger partial charge is 0.409 e. The summed E-state index contributed by atoms with van der Waals surface area (Å²) in [5, 5.41) is 14.8. The standard InChI is InChI=1S/C12H19N3O/c1-8-6-4-5-7-11(8)9(2)14-10(3)12(13)15-16/h4-7,9-10,14,16H,1-3H3,(H2,13,15). The third kappa shape index (κ3) is 2.97. The average Bonchev–Trinajstić information content (AvgIpc) is 2.28. The first-order valence-corrected chi connectivity index (χ1v) is 5.35. The molecular weight excluding hydrogens is 202 g/mol. The van der Waals surface area contributed by atoms with Crippen LogP contribution in [0, 0.1) is 6.92 Å². The SMILES string of the molecule is Cc1ccccc1C(C)NC(C)C(N)=NO. The fourth-order valence-electron chi connectivity index (χ4n) is 1.71. The van der Waals surface area contributed by atoms with Crippen molar-refractivity contribution in [2.24, 2.45) is 10.9 Å². The van der Waals surface area contributed by atoms with Crippen LogP contribution in [0.5, 0.6) is 0 Å². The summed E-state index contributed by atoms with van der Waals surface area (Å²) in [6, 6.07) is 8.18. The first-order valence-electron chi connectivity index (χ1n) is 5.35. The van der Waals surface area contributed by atoms with Crippen LogP contribution in [0.3, 0.4) is 0 Å². The molecule has 4 N–H and O–H groups in total. The van der Waals surface area contributed by atoms with Crippen LogP contribution in [-0.2, 0) is 0 Å². The van der Waals surface area contributed by atoms with Crippen molar-refractivity contribution in [1.29, 1.82) is 0 Å². The van der Waals surface area contributed by atoms with Gasteiger partial charge < -0.3 is 16.3 Å². The number of amidine groups is 1. The highest BCUT2D eigenvalue weighted by Gasteiger charge is 2.13. The summed E-state index contributed by atoms with van der Waals surface area (Å²) in [4.78, 5) is 0. The molecule has 0 saturated heterocycles. The van der Waals surface area contributed by atoms with Crippen LogP contribution in [0.15, 0.2) is 29.4 Å². The van der Waals surface area contributed by atoms with Gasteiger partial charge in [-0.2, -0.15) is 0 Å². The predicted molar refractivity (Wildman–Crippen MR) is 65.6 cm³/mol. The molecule has 0 bridgehead atoms. The molecule has 4 heteroatoms. The van der Waals surface area contributed by atoms with Gasteiger partial charge in [-0.25, -0.2) is 0 Å². The van der Waals surface area contributed by atoms with E-state index in [4.69, 9.17) is 10.9 Å². The van der Waals surface area contributed by atoms with E-state index in [2.05, 4.69) is 36.5 Å². The lowest BCUT2D eigenvalue weighted by Crippen LogP contribution is -2.40. The van der Waals surface area contributed by atoms with Gasteiger partial charge >= 0.3 is 0 Å². The molecule has 0 saturated carbocycles. The van der Waals surface area contributed by atoms with Crippen LogP contribution >= 0.6 is 0 Å². The van der Waals surface area contributed by atoms with E-state index in [0.29, 0.717) is 0 Å². The molecule has 2 unspecified atom stereocenters. The Morgan fingerprint density at radius 3 is 2.56 bits per heavy atom. The molecule has 0 fully saturated rings. The third-order valence-corrected chi connectivity index (χ3v) is 2.71. The van der Waals surface area contributed by atoms with Crippen LogP contribution in [0.25, 0.3) is 0 Å². The van der Waals surface area contributed by atoms with Crippen LogP contribution in [0.2, 0.25) is 0 Å². The molecule has 0 amide bonds. The summed E-state index contributed by atoms with van der Waals surface area (Å²) in [6.07, 6.45) is 0. The van der Waals surface area contributed by atoms with Crippen molar-refractivity contribution in [1.82, 2.24) is 5.32 Å². The van der Waals surface area contributed by atoms with Gasteiger partial charge in [-0.3, -0.25) is 0 Å². The van der Waals surface area contributed by atoms with Gasteiger partial charge in [0.15, 0.2) is 5.84 Å². The minimum Gasteiger partial charge on any atom is -0.409 e. The number of nitrogens with zero attached hydrogens (tertiary/aromatic N) is 1. The first kappa shape index (κ1) is 12.5. The second-order valence-corrected chi connectivity index (χ2v) is 3.99. The van der Waals surface area contributed by atoms with Gasteiger partial charge in [0.1, 0.15) is 0 Å². The highest BCUT2D eigenvalue weighted by Crippen LogP contribution is 2.16. The van der Waals surface area contributed by atoms with Crippen LogP contribution < -0.4 is 11.1 Å². The monoisotopic (exact) mass is 221 g/mol. The summed E-state index contributed by atoms with van der Waals surface area (Å²) in [7, 11) is 0. The lowest BCUT2D eigenvalue weighted by atomic mass is 10.0. The normalized spacial score (nSPS) is 15.8. The van der Waals surface area contributed by atoms with Crippen molar-refractivity contribution in [2.75, 3.05) is 0 Å². The number of hydrogen-bond donors (Lipinski definition) is 3. The van der Waals surface area contributed by atoms with E-state index in [1.165, 1.54) is 11.1 Å². The molecule has 0 aliphatic heterocycles. The lowest BCUT2D eigenvalue weighted by molar-refractivity contribution is 0.314. The summed E-state index contributed by atoms with van der Waals surface area (Å²) in [5.41, 5.74) is 7.97. The Morgan fingerprint density at radius 2 is 2.00 bits per heavy atom. The van der Waals surface area contributed by atoms with Gasteiger partial charge in [0.05, 0.1) is 6.04 Å². The van der Waals surface area contributed by atoms with E-state index in [9.17, 15) is 0 Å². The van der Waals surface area contributed by atoms with E-state index in [1.807, 2.05) is 19.1 Å². The van der Waals surface area contributed by atoms with Crippen molar-refractivity contribution in [3.63, 3.8) is 0 Å². The summed E-state index contributed by atoms with van der Waals surface area (Å²) in [5.74, 6) is 0.195. The Kier molecular flexibility index (Phi) is 4.31. The molecule has 88 valence electrons. The van der Waals surface area contributed by atoms with Crippen LogP contribution in [-0.4, -0.2) is 17.1 Å². The van der Waals surface area contributed by atoms with Gasteiger partial charge in [0.25, 0.3) is 0 Å². The minimum atomic E-state index is -0.153. The molecule has 1 rings (SSSR count). The molecule has 4 nitrogen and oxygen atoms in total. The molecule has 0 heterocycles. The minimum absolute atomic E-state index is 0.153. The van der Waals surface area contributed by atoms with Crippen molar-refractivity contribution >= 4 is 5.84 Å². The van der Waals surface area contributed by atoms with E-state index in [1.54, 1.807) is 0 Å². The van der Waals surface area contributed by atoms with Gasteiger partial charge in [-0.05, 0) is 31.9 Å². The topological polar surface area (TPSA) is 70.6 Å². The number of aryl methyl sites for hydroxylation is 1. The van der Waals surface area contributed by atoms with E-state index in [-0.39, 0.29) is 17.9 Å². The highest BCUT2D eigenvalue weighted by molar-refractivity contribution is 5.84. The second kappa shape index (κ2) is 5.51. The van der Waals surface area contributed by atoms with Crippen molar-refractivity contribution in [2.45, 2.75) is 32.9 Å². The van der Waals surface area contributed by atoms with E-state index in [0.717, 1.165) is 0 Å². The molecule has 0 aromatic heterocycles. The third-order valence-electron chi connectivity index (χ3n) is 2.71. The van der Waals surface area contributed by atoms with Gasteiger partial charge in [-0.15, -0.1) is 0 Å². The van der Waals surface area contributed by atoms with Crippen LogP contribution in [0.1, 0.15) is 31.0 Å². The highest BCUT2D eigenvalue weighted by atomic mass is 16.4. The zero-order valence-corrected chi connectivity index (χ0v) is 9.94. The number of nitrogens with one attached hydrogen (secondary N) is 1. The lowest BCUT2D eigenvalue weighted by Gasteiger charge is -2.20. The summed E-state index contributed by atoms with van der Waals surface area (Å²) < 4.78 is 0. The predicted octanol–water partition coefficient (Wildman–Crippen LogP) is 1.78. The Morgan fingerprint density at radius 1 is 1.38 bits per heavy atom.